The van der Waals surface area contributed by atoms with Crippen LogP contribution >= 0.6 is 0 Å². The Morgan fingerprint density at radius 1 is 1.12 bits per heavy atom. The Balaban J connectivity index is 2.15. The number of ether oxygens (including phenoxy) is 1. The van der Waals surface area contributed by atoms with Crippen molar-refractivity contribution < 1.29 is 4.74 Å². The third-order valence-electron chi connectivity index (χ3n) is 1.95. The molecule has 0 saturated heterocycles. The fraction of sp³-hybridized carbons (Fsp3) is 0.429. The van der Waals surface area contributed by atoms with Gasteiger partial charge in [0.05, 0.1) is 0 Å². The fourth-order valence-corrected chi connectivity index (χ4v) is 3.09. The van der Waals surface area contributed by atoms with Crippen molar-refractivity contribution in [2.45, 2.75) is 27.8 Å². The summed E-state index contributed by atoms with van der Waals surface area (Å²) < 4.78 is 8.96. The molecule has 86 valence electrons. The van der Waals surface area contributed by atoms with Gasteiger partial charge in [-0.2, -0.15) is 0 Å². The molecule has 0 atom stereocenters. The van der Waals surface area contributed by atoms with E-state index in [2.05, 4.69) is 36.8 Å². The Labute approximate surface area is 103 Å². The third-order valence-corrected chi connectivity index (χ3v) is 4.59. The number of benzene rings is 1. The zero-order valence-corrected chi connectivity index (χ0v) is 13.3. The minimum absolute atomic E-state index is 0.696. The SMILES string of the molecule is [CH3][Sn]([CH3])([CH3])[C]#CCCOCc1ccccc1. The van der Waals surface area contributed by atoms with Crippen molar-refractivity contribution in [2.24, 2.45) is 0 Å². The predicted octanol–water partition coefficient (Wildman–Crippen LogP) is 3.47. The summed E-state index contributed by atoms with van der Waals surface area (Å²) in [6.07, 6.45) is 0.862. The molecule has 0 aliphatic heterocycles. The average molecular weight is 323 g/mol. The van der Waals surface area contributed by atoms with E-state index in [0.717, 1.165) is 13.0 Å². The molecule has 0 heterocycles. The molecule has 0 fully saturated rings. The molecular weight excluding hydrogens is 303 g/mol. The summed E-state index contributed by atoms with van der Waals surface area (Å²) in [6.45, 7) is 1.44. The minimum atomic E-state index is -1.86. The first-order chi connectivity index (χ1) is 7.58. The van der Waals surface area contributed by atoms with Crippen LogP contribution in [-0.2, 0) is 11.3 Å². The molecule has 0 saturated carbocycles. The monoisotopic (exact) mass is 324 g/mol. The van der Waals surface area contributed by atoms with Crippen molar-refractivity contribution in [3.8, 4) is 9.86 Å². The first-order valence-electron chi connectivity index (χ1n) is 5.70. The van der Waals surface area contributed by atoms with E-state index in [1.165, 1.54) is 5.56 Å². The zero-order valence-electron chi connectivity index (χ0n) is 10.4. The van der Waals surface area contributed by atoms with E-state index >= 15 is 0 Å². The van der Waals surface area contributed by atoms with Crippen molar-refractivity contribution in [3.63, 3.8) is 0 Å². The quantitative estimate of drug-likeness (QED) is 0.468. The van der Waals surface area contributed by atoms with Crippen molar-refractivity contribution in [1.82, 2.24) is 0 Å². The first-order valence-corrected chi connectivity index (χ1v) is 15.7. The number of rotatable bonds is 4. The maximum atomic E-state index is 5.56. The van der Waals surface area contributed by atoms with E-state index in [-0.39, 0.29) is 0 Å². The first kappa shape index (κ1) is 13.6. The summed E-state index contributed by atoms with van der Waals surface area (Å²) in [5.74, 6) is 3.23. The summed E-state index contributed by atoms with van der Waals surface area (Å²) in [5, 5.41) is 0. The van der Waals surface area contributed by atoms with E-state index in [0.29, 0.717) is 6.61 Å². The molecule has 0 bridgehead atoms. The Morgan fingerprint density at radius 3 is 2.44 bits per heavy atom. The Hall–Kier alpha value is -0.461. The molecule has 0 unspecified atom stereocenters. The van der Waals surface area contributed by atoms with Crippen LogP contribution in [-0.4, -0.2) is 25.0 Å². The molecule has 0 aliphatic carbocycles. The van der Waals surface area contributed by atoms with Gasteiger partial charge in [0.25, 0.3) is 0 Å². The van der Waals surface area contributed by atoms with Crippen LogP contribution in [0.15, 0.2) is 30.3 Å². The van der Waals surface area contributed by atoms with E-state index < -0.39 is 18.4 Å². The van der Waals surface area contributed by atoms with Gasteiger partial charge in [-0.3, -0.25) is 0 Å². The van der Waals surface area contributed by atoms with Crippen LogP contribution in [0.3, 0.4) is 0 Å². The van der Waals surface area contributed by atoms with Crippen LogP contribution in [0.2, 0.25) is 14.8 Å². The standard InChI is InChI=1S/C11H11O.3CH3.Sn/c1-2-3-9-12-10-11-7-5-4-6-8-11;;;;/h4-8H,3,9-10H2;3*1H3;. The summed E-state index contributed by atoms with van der Waals surface area (Å²) in [7, 11) is 0. The molecular formula is C14H20OSn. The van der Waals surface area contributed by atoms with E-state index in [1.54, 1.807) is 0 Å². The molecule has 1 rings (SSSR count). The van der Waals surface area contributed by atoms with E-state index in [4.69, 9.17) is 4.74 Å². The summed E-state index contributed by atoms with van der Waals surface area (Å²) in [4.78, 5) is 6.98. The zero-order chi connectivity index (χ0) is 11.9. The molecule has 0 aromatic heterocycles. The predicted molar refractivity (Wildman–Crippen MR) is 71.8 cm³/mol. The molecule has 16 heavy (non-hydrogen) atoms. The van der Waals surface area contributed by atoms with Crippen LogP contribution in [0, 0.1) is 9.86 Å². The second kappa shape index (κ2) is 6.98. The van der Waals surface area contributed by atoms with Crippen molar-refractivity contribution in [3.05, 3.63) is 35.9 Å². The normalized spacial score (nSPS) is 10.7. The summed E-state index contributed by atoms with van der Waals surface area (Å²) in [6, 6.07) is 10.2. The van der Waals surface area contributed by atoms with Gasteiger partial charge in [-0.05, 0) is 0 Å². The van der Waals surface area contributed by atoms with Crippen LogP contribution in [0.25, 0.3) is 0 Å². The van der Waals surface area contributed by atoms with Gasteiger partial charge in [0, 0.05) is 0 Å². The van der Waals surface area contributed by atoms with Crippen molar-refractivity contribution in [1.29, 1.82) is 0 Å². The Morgan fingerprint density at radius 2 is 1.81 bits per heavy atom. The van der Waals surface area contributed by atoms with Gasteiger partial charge in [-0.25, -0.2) is 0 Å². The number of hydrogen-bond acceptors (Lipinski definition) is 1. The molecule has 0 aliphatic rings. The van der Waals surface area contributed by atoms with E-state index in [9.17, 15) is 0 Å². The molecule has 2 heteroatoms. The molecule has 1 aromatic carbocycles. The Bertz CT molecular complexity index is 354. The van der Waals surface area contributed by atoms with Crippen LogP contribution < -0.4 is 0 Å². The third kappa shape index (κ3) is 6.92. The van der Waals surface area contributed by atoms with Gasteiger partial charge in [-0.15, -0.1) is 0 Å². The van der Waals surface area contributed by atoms with Gasteiger partial charge in [0.15, 0.2) is 0 Å². The molecule has 1 aromatic rings. The summed E-state index contributed by atoms with van der Waals surface area (Å²) in [5.41, 5.74) is 1.23. The average Bonchev–Trinajstić information content (AvgIpc) is 2.23. The van der Waals surface area contributed by atoms with Gasteiger partial charge >= 0.3 is 103 Å². The molecule has 0 amide bonds. The van der Waals surface area contributed by atoms with E-state index in [1.807, 2.05) is 18.2 Å². The van der Waals surface area contributed by atoms with Crippen molar-refractivity contribution >= 4 is 18.4 Å². The van der Waals surface area contributed by atoms with Gasteiger partial charge in [0.2, 0.25) is 0 Å². The van der Waals surface area contributed by atoms with Gasteiger partial charge < -0.3 is 0 Å². The topological polar surface area (TPSA) is 9.23 Å². The van der Waals surface area contributed by atoms with Crippen LogP contribution in [0.5, 0.6) is 0 Å². The second-order valence-corrected chi connectivity index (χ2v) is 18.4. The Kier molecular flexibility index (Phi) is 5.93. The van der Waals surface area contributed by atoms with Gasteiger partial charge in [0.1, 0.15) is 0 Å². The van der Waals surface area contributed by atoms with Crippen LogP contribution in [0.4, 0.5) is 0 Å². The fourth-order valence-electron chi connectivity index (χ4n) is 1.22. The molecule has 1 nitrogen and oxygen atoms in total. The van der Waals surface area contributed by atoms with Gasteiger partial charge in [-0.1, -0.05) is 0 Å². The number of hydrogen-bond donors (Lipinski definition) is 0. The molecule has 0 N–H and O–H groups in total. The summed E-state index contributed by atoms with van der Waals surface area (Å²) >= 11 is -1.86. The second-order valence-electron chi connectivity index (χ2n) is 4.84. The van der Waals surface area contributed by atoms with Crippen LogP contribution in [0.1, 0.15) is 12.0 Å². The molecule has 0 radical (unpaired) electrons. The maximum absolute atomic E-state index is 5.56. The van der Waals surface area contributed by atoms with Crippen molar-refractivity contribution in [2.75, 3.05) is 6.61 Å². The molecule has 0 spiro atoms.